The van der Waals surface area contributed by atoms with E-state index in [1.54, 1.807) is 17.0 Å². The molecule has 0 radical (unpaired) electrons. The van der Waals surface area contributed by atoms with E-state index in [0.29, 0.717) is 11.1 Å². The molecule has 2 heterocycles. The zero-order valence-electron chi connectivity index (χ0n) is 15.3. The zero-order chi connectivity index (χ0) is 19.1. The average molecular weight is 413 g/mol. The Balaban J connectivity index is 0.000000730. The molecule has 0 fully saturated rings. The number of pyridine rings is 1. The van der Waals surface area contributed by atoms with Crippen LogP contribution < -0.4 is 4.74 Å². The van der Waals surface area contributed by atoms with Crippen molar-refractivity contribution in [1.82, 2.24) is 9.55 Å². The minimum atomic E-state index is -0.729. The Morgan fingerprint density at radius 2 is 1.68 bits per heavy atom. The van der Waals surface area contributed by atoms with Crippen molar-refractivity contribution >= 4 is 27.0 Å². The van der Waals surface area contributed by atoms with E-state index in [9.17, 15) is 8.78 Å². The Hall–Kier alpha value is -1.95. The van der Waals surface area contributed by atoms with E-state index in [4.69, 9.17) is 4.74 Å². The van der Waals surface area contributed by atoms with Crippen LogP contribution in [0.1, 0.15) is 27.7 Å². The molecule has 3 rings (SSSR count). The fraction of sp³-hybridized carbons (Fsp3) is 0.316. The van der Waals surface area contributed by atoms with Gasteiger partial charge in [0.05, 0.1) is 7.11 Å². The first-order valence-corrected chi connectivity index (χ1v) is 8.94. The number of ether oxygens (including phenoxy) is 1. The van der Waals surface area contributed by atoms with Crippen molar-refractivity contribution in [3.63, 3.8) is 0 Å². The van der Waals surface area contributed by atoms with Crippen LogP contribution in [0.5, 0.6) is 5.75 Å². The van der Waals surface area contributed by atoms with E-state index in [1.165, 1.54) is 13.2 Å². The summed E-state index contributed by atoms with van der Waals surface area (Å²) in [5.74, 6) is -1.36. The van der Waals surface area contributed by atoms with Gasteiger partial charge in [-0.3, -0.25) is 0 Å². The van der Waals surface area contributed by atoms with Gasteiger partial charge in [-0.1, -0.05) is 27.7 Å². The Labute approximate surface area is 155 Å². The summed E-state index contributed by atoms with van der Waals surface area (Å²) in [6.45, 7) is 8.00. The van der Waals surface area contributed by atoms with E-state index in [0.717, 1.165) is 21.6 Å². The van der Waals surface area contributed by atoms with Gasteiger partial charge in [0.2, 0.25) is 0 Å². The smallest absolute Gasteiger partial charge is 0.168 e. The van der Waals surface area contributed by atoms with Crippen LogP contribution in [0.3, 0.4) is 0 Å². The monoisotopic (exact) mass is 412 g/mol. The third-order valence-corrected chi connectivity index (χ3v) is 3.72. The normalized spacial score (nSPS) is 9.80. The molecule has 0 N–H and O–H groups in total. The Bertz CT molecular complexity index is 847. The Morgan fingerprint density at radius 3 is 2.28 bits per heavy atom. The Kier molecular flexibility index (Phi) is 8.03. The minimum absolute atomic E-state index is 0.0175. The first-order chi connectivity index (χ1) is 12.0. The molecule has 0 spiro atoms. The predicted octanol–water partition coefficient (Wildman–Crippen LogP) is 6.34. The van der Waals surface area contributed by atoms with E-state index < -0.39 is 11.6 Å². The highest BCUT2D eigenvalue weighted by molar-refractivity contribution is 9.10. The third kappa shape index (κ3) is 4.37. The first kappa shape index (κ1) is 21.1. The lowest BCUT2D eigenvalue weighted by molar-refractivity contribution is 0.386. The van der Waals surface area contributed by atoms with Crippen LogP contribution in [0, 0.1) is 11.6 Å². The first-order valence-electron chi connectivity index (χ1n) is 8.15. The van der Waals surface area contributed by atoms with Gasteiger partial charge in [-0.15, -0.1) is 0 Å². The number of aryl methyl sites for hydroxylation is 1. The third-order valence-electron chi connectivity index (χ3n) is 3.28. The highest BCUT2D eigenvalue weighted by Crippen LogP contribution is 2.38. The molecule has 3 nitrogen and oxygen atoms in total. The molecule has 0 saturated carbocycles. The van der Waals surface area contributed by atoms with E-state index in [-0.39, 0.29) is 5.75 Å². The second-order valence-electron chi connectivity index (χ2n) is 4.65. The molecule has 0 amide bonds. The molecule has 0 aliphatic heterocycles. The number of benzene rings is 1. The molecule has 3 aromatic rings. The molecule has 6 heteroatoms. The molecule has 2 aromatic heterocycles. The molecule has 0 aliphatic rings. The summed E-state index contributed by atoms with van der Waals surface area (Å²) in [7, 11) is 3.19. The maximum absolute atomic E-state index is 13.9. The predicted molar refractivity (Wildman–Crippen MR) is 103 cm³/mol. The molecular formula is C19H23BrF2N2O. The van der Waals surface area contributed by atoms with Crippen molar-refractivity contribution in [1.29, 1.82) is 0 Å². The summed E-state index contributed by atoms with van der Waals surface area (Å²) in [5.41, 5.74) is 1.75. The van der Waals surface area contributed by atoms with Crippen molar-refractivity contribution in [3.05, 3.63) is 46.7 Å². The molecule has 0 unspecified atom stereocenters. The van der Waals surface area contributed by atoms with Crippen LogP contribution in [0.15, 0.2) is 35.1 Å². The molecule has 0 bridgehead atoms. The number of hydrogen-bond acceptors (Lipinski definition) is 2. The van der Waals surface area contributed by atoms with Crippen LogP contribution >= 0.6 is 15.9 Å². The van der Waals surface area contributed by atoms with Crippen LogP contribution in [-0.2, 0) is 7.05 Å². The summed E-state index contributed by atoms with van der Waals surface area (Å²) in [4.78, 5) is 4.31. The minimum Gasteiger partial charge on any atom is -0.493 e. The summed E-state index contributed by atoms with van der Waals surface area (Å²) in [6, 6.07) is 3.93. The summed E-state index contributed by atoms with van der Waals surface area (Å²) >= 11 is 3.36. The number of halogens is 3. The molecule has 0 atom stereocenters. The maximum Gasteiger partial charge on any atom is 0.168 e. The van der Waals surface area contributed by atoms with Crippen molar-refractivity contribution in [2.24, 2.45) is 7.05 Å². The van der Waals surface area contributed by atoms with E-state index >= 15 is 0 Å². The van der Waals surface area contributed by atoms with Crippen molar-refractivity contribution in [3.8, 4) is 16.9 Å². The van der Waals surface area contributed by atoms with Crippen molar-refractivity contribution in [2.45, 2.75) is 27.7 Å². The van der Waals surface area contributed by atoms with Crippen LogP contribution in [0.4, 0.5) is 8.78 Å². The molecule has 0 saturated heterocycles. The Morgan fingerprint density at radius 1 is 1.04 bits per heavy atom. The number of aromatic nitrogens is 2. The SMILES string of the molecule is CC.CC.COc1c(F)cc(F)cc1-c1cn(C)c2ncc(Br)cc12. The summed E-state index contributed by atoms with van der Waals surface area (Å²) in [5, 5.41) is 0.787. The number of hydrogen-bond donors (Lipinski definition) is 0. The van der Waals surface area contributed by atoms with Crippen molar-refractivity contribution in [2.75, 3.05) is 7.11 Å². The maximum atomic E-state index is 13.9. The number of methoxy groups -OCH3 is 1. The summed E-state index contributed by atoms with van der Waals surface area (Å²) < 4.78 is 35.2. The topological polar surface area (TPSA) is 27.1 Å². The zero-order valence-corrected chi connectivity index (χ0v) is 16.9. The number of fused-ring (bicyclic) bond motifs is 1. The largest absolute Gasteiger partial charge is 0.493 e. The molecule has 0 aliphatic carbocycles. The van der Waals surface area contributed by atoms with Gasteiger partial charge in [0.1, 0.15) is 11.5 Å². The molecular weight excluding hydrogens is 390 g/mol. The van der Waals surface area contributed by atoms with Gasteiger partial charge in [0, 0.05) is 46.5 Å². The number of nitrogens with zero attached hydrogens (tertiary/aromatic N) is 2. The number of rotatable bonds is 2. The quantitative estimate of drug-likeness (QED) is 0.490. The second kappa shape index (κ2) is 9.51. The van der Waals surface area contributed by atoms with Gasteiger partial charge in [0.15, 0.2) is 11.6 Å². The van der Waals surface area contributed by atoms with Gasteiger partial charge in [0.25, 0.3) is 0 Å². The van der Waals surface area contributed by atoms with Crippen molar-refractivity contribution < 1.29 is 13.5 Å². The lowest BCUT2D eigenvalue weighted by Crippen LogP contribution is -1.93. The second-order valence-corrected chi connectivity index (χ2v) is 5.56. The fourth-order valence-electron chi connectivity index (χ4n) is 2.42. The lowest BCUT2D eigenvalue weighted by atomic mass is 10.0. The van der Waals surface area contributed by atoms with Gasteiger partial charge in [-0.25, -0.2) is 13.8 Å². The van der Waals surface area contributed by atoms with Gasteiger partial charge in [-0.05, 0) is 28.1 Å². The van der Waals surface area contributed by atoms with Crippen LogP contribution in [0.2, 0.25) is 0 Å². The van der Waals surface area contributed by atoms with E-state index in [1.807, 2.05) is 40.8 Å². The van der Waals surface area contributed by atoms with E-state index in [2.05, 4.69) is 20.9 Å². The molecule has 25 heavy (non-hydrogen) atoms. The fourth-order valence-corrected chi connectivity index (χ4v) is 2.75. The highest BCUT2D eigenvalue weighted by Gasteiger charge is 2.18. The van der Waals surface area contributed by atoms with Gasteiger partial charge in [-0.2, -0.15) is 0 Å². The molecule has 136 valence electrons. The van der Waals surface area contributed by atoms with Gasteiger partial charge < -0.3 is 9.30 Å². The van der Waals surface area contributed by atoms with Crippen LogP contribution in [-0.4, -0.2) is 16.7 Å². The standard InChI is InChI=1S/C15H11BrF2N2O.2C2H6/c1-20-7-12(11-3-8(16)6-19-15(11)20)10-4-9(17)5-13(18)14(10)21-2;2*1-2/h3-7H,1-2H3;2*1-2H3. The molecule has 1 aromatic carbocycles. The van der Waals surface area contributed by atoms with Crippen LogP contribution in [0.25, 0.3) is 22.2 Å². The highest BCUT2D eigenvalue weighted by atomic mass is 79.9. The van der Waals surface area contributed by atoms with Gasteiger partial charge >= 0.3 is 0 Å². The summed E-state index contributed by atoms with van der Waals surface area (Å²) in [6.07, 6.45) is 3.45. The average Bonchev–Trinajstić information content (AvgIpc) is 2.94. The lowest BCUT2D eigenvalue weighted by Gasteiger charge is -2.09.